The number of hydrogen-bond acceptors (Lipinski definition) is 8. The molecule has 3 aromatic rings. The van der Waals surface area contributed by atoms with Crippen molar-refractivity contribution in [1.29, 1.82) is 5.26 Å². The molecule has 3 atom stereocenters. The number of aromatic nitrogens is 2. The van der Waals surface area contributed by atoms with Gasteiger partial charge < -0.3 is 9.64 Å². The number of fused-ring (bicyclic) bond motifs is 2. The minimum Gasteiger partial charge on any atom is -0.375 e. The van der Waals surface area contributed by atoms with E-state index in [1.165, 1.54) is 16.2 Å². The van der Waals surface area contributed by atoms with Crippen LogP contribution in [-0.2, 0) is 27.3 Å². The summed E-state index contributed by atoms with van der Waals surface area (Å²) < 4.78 is 6.99. The fourth-order valence-electron chi connectivity index (χ4n) is 6.02. The number of likely N-dealkylation sites (N-methyl/N-ethyl adjacent to an activating group) is 1. The van der Waals surface area contributed by atoms with Gasteiger partial charge in [0.2, 0.25) is 11.8 Å². The molecule has 0 spiro atoms. The van der Waals surface area contributed by atoms with E-state index in [1.807, 2.05) is 39.0 Å². The summed E-state index contributed by atoms with van der Waals surface area (Å²) in [4.78, 5) is 39.7. The Bertz CT molecular complexity index is 1460. The zero-order chi connectivity index (χ0) is 26.1. The number of imide groups is 1. The second kappa shape index (κ2) is 8.69. The number of nitriles is 1. The molecule has 0 N–H and O–H groups in total. The number of aryl methyl sites for hydroxylation is 1. The van der Waals surface area contributed by atoms with E-state index in [2.05, 4.69) is 23.0 Å². The first-order chi connectivity index (χ1) is 17.7. The van der Waals surface area contributed by atoms with Crippen molar-refractivity contribution >= 4 is 33.4 Å². The summed E-state index contributed by atoms with van der Waals surface area (Å²) in [6.45, 7) is 8.71. The number of rotatable bonds is 5. The molecule has 5 heterocycles. The molecule has 2 saturated heterocycles. The molecule has 8 nitrogen and oxygen atoms in total. The van der Waals surface area contributed by atoms with Gasteiger partial charge in [-0.25, -0.2) is 4.98 Å². The summed E-state index contributed by atoms with van der Waals surface area (Å²) in [6.07, 6.45) is 2.50. The Labute approximate surface area is 219 Å². The Kier molecular flexibility index (Phi) is 5.68. The molecular formula is C28H29N5O3S. The van der Waals surface area contributed by atoms with E-state index in [9.17, 15) is 14.9 Å². The standard InChI is InChI=1S/C28H29N5O3S/c1-15-9-16(12-29)31-24(20(15)10-17-13-32(4)7-8-36-17)19-5-6-30-21-11-18(37-25(19)21)14-33-26(34)22-23(27(33)35)28(22,2)3/h5-6,9,11,17,22-23H,7-8,10,13-14H2,1-4H3. The van der Waals surface area contributed by atoms with Crippen molar-refractivity contribution in [3.63, 3.8) is 0 Å². The van der Waals surface area contributed by atoms with Crippen molar-refractivity contribution in [2.45, 2.75) is 39.8 Å². The predicted molar refractivity (Wildman–Crippen MR) is 140 cm³/mol. The van der Waals surface area contributed by atoms with Gasteiger partial charge in [-0.2, -0.15) is 5.26 Å². The maximum absolute atomic E-state index is 12.9. The van der Waals surface area contributed by atoms with Crippen LogP contribution in [-0.4, -0.2) is 64.4 Å². The Morgan fingerprint density at radius 2 is 2.00 bits per heavy atom. The summed E-state index contributed by atoms with van der Waals surface area (Å²) >= 11 is 1.53. The Morgan fingerprint density at radius 3 is 2.70 bits per heavy atom. The highest BCUT2D eigenvalue weighted by Gasteiger charge is 2.72. The summed E-state index contributed by atoms with van der Waals surface area (Å²) in [5.41, 5.74) is 4.69. The van der Waals surface area contributed by atoms with Crippen LogP contribution in [0.5, 0.6) is 0 Å². The third kappa shape index (κ3) is 3.95. The molecule has 6 rings (SSSR count). The average Bonchev–Trinajstić information content (AvgIpc) is 3.11. The van der Waals surface area contributed by atoms with Gasteiger partial charge in [-0.05, 0) is 48.7 Å². The number of carbonyl (C=O) groups excluding carboxylic acids is 2. The SMILES string of the molecule is Cc1cc(C#N)nc(-c2ccnc3cc(CN4C(=O)C5C(C4=O)C5(C)C)sc23)c1CC1CN(C)CCO1. The molecule has 0 radical (unpaired) electrons. The maximum Gasteiger partial charge on any atom is 0.234 e. The van der Waals surface area contributed by atoms with Gasteiger partial charge in [0.25, 0.3) is 0 Å². The first-order valence-electron chi connectivity index (χ1n) is 12.6. The lowest BCUT2D eigenvalue weighted by atomic mass is 9.95. The molecule has 2 aliphatic heterocycles. The van der Waals surface area contributed by atoms with Gasteiger partial charge in [0.1, 0.15) is 11.8 Å². The minimum absolute atomic E-state index is 0.0463. The van der Waals surface area contributed by atoms with Crippen molar-refractivity contribution in [1.82, 2.24) is 19.8 Å². The monoisotopic (exact) mass is 515 g/mol. The van der Waals surface area contributed by atoms with Gasteiger partial charge in [0.05, 0.1) is 47.0 Å². The third-order valence-electron chi connectivity index (χ3n) is 8.16. The minimum atomic E-state index is -0.220. The van der Waals surface area contributed by atoms with Crippen LogP contribution in [0.25, 0.3) is 21.5 Å². The molecule has 3 aromatic heterocycles. The number of ether oxygens (including phenoxy) is 1. The van der Waals surface area contributed by atoms with Crippen LogP contribution in [0.4, 0.5) is 0 Å². The largest absolute Gasteiger partial charge is 0.375 e. The zero-order valence-corrected chi connectivity index (χ0v) is 22.3. The van der Waals surface area contributed by atoms with Crippen LogP contribution in [0, 0.1) is 35.5 Å². The number of thiophene rings is 1. The van der Waals surface area contributed by atoms with Crippen LogP contribution in [0.2, 0.25) is 0 Å². The van der Waals surface area contributed by atoms with Crippen molar-refractivity contribution in [2.75, 3.05) is 26.7 Å². The van der Waals surface area contributed by atoms with Gasteiger partial charge in [-0.3, -0.25) is 19.5 Å². The molecule has 37 heavy (non-hydrogen) atoms. The molecular weight excluding hydrogens is 486 g/mol. The highest BCUT2D eigenvalue weighted by molar-refractivity contribution is 7.19. The molecule has 2 amide bonds. The summed E-state index contributed by atoms with van der Waals surface area (Å²) in [5, 5.41) is 9.65. The quantitative estimate of drug-likeness (QED) is 0.479. The molecule has 1 saturated carbocycles. The number of nitrogens with zero attached hydrogens (tertiary/aromatic N) is 5. The van der Waals surface area contributed by atoms with Crippen molar-refractivity contribution in [3.8, 4) is 17.3 Å². The molecule has 3 unspecified atom stereocenters. The fourth-order valence-corrected chi connectivity index (χ4v) is 7.14. The Morgan fingerprint density at radius 1 is 1.24 bits per heavy atom. The molecule has 3 fully saturated rings. The van der Waals surface area contributed by atoms with Crippen LogP contribution in [0.15, 0.2) is 24.4 Å². The topological polar surface area (TPSA) is 99.4 Å². The van der Waals surface area contributed by atoms with Gasteiger partial charge in [-0.15, -0.1) is 11.3 Å². The summed E-state index contributed by atoms with van der Waals surface area (Å²) in [6, 6.07) is 7.93. The number of morpholine rings is 1. The van der Waals surface area contributed by atoms with Gasteiger partial charge >= 0.3 is 0 Å². The lowest BCUT2D eigenvalue weighted by molar-refractivity contribution is -0.143. The second-order valence-corrected chi connectivity index (χ2v) is 12.2. The second-order valence-electron chi connectivity index (χ2n) is 11.0. The first kappa shape index (κ1) is 24.2. The van der Waals surface area contributed by atoms with Gasteiger partial charge in [0, 0.05) is 36.1 Å². The highest BCUT2D eigenvalue weighted by atomic mass is 32.1. The van der Waals surface area contributed by atoms with E-state index in [0.29, 0.717) is 18.7 Å². The molecule has 0 aromatic carbocycles. The predicted octanol–water partition coefficient (Wildman–Crippen LogP) is 3.55. The summed E-state index contributed by atoms with van der Waals surface area (Å²) in [7, 11) is 2.10. The molecule has 9 heteroatoms. The number of likely N-dealkylation sites (tertiary alicyclic amines) is 1. The van der Waals surface area contributed by atoms with Crippen molar-refractivity contribution in [3.05, 3.63) is 46.1 Å². The van der Waals surface area contributed by atoms with E-state index in [4.69, 9.17) is 9.72 Å². The first-order valence-corrected chi connectivity index (χ1v) is 13.4. The number of carbonyl (C=O) groups is 2. The third-order valence-corrected chi connectivity index (χ3v) is 9.30. The zero-order valence-electron chi connectivity index (χ0n) is 21.4. The lowest BCUT2D eigenvalue weighted by Crippen LogP contribution is -2.41. The van der Waals surface area contributed by atoms with Gasteiger partial charge in [0.15, 0.2) is 0 Å². The number of hydrogen-bond donors (Lipinski definition) is 0. The van der Waals surface area contributed by atoms with Crippen molar-refractivity contribution in [2.24, 2.45) is 17.3 Å². The van der Waals surface area contributed by atoms with Crippen LogP contribution in [0.1, 0.15) is 35.5 Å². The molecule has 0 bridgehead atoms. The maximum atomic E-state index is 12.9. The van der Waals surface area contributed by atoms with E-state index in [0.717, 1.165) is 50.6 Å². The van der Waals surface area contributed by atoms with Crippen LogP contribution < -0.4 is 0 Å². The normalized spacial score (nSPS) is 24.9. The fraction of sp³-hybridized carbons (Fsp3) is 0.464. The Hall–Kier alpha value is -3.19. The Balaban J connectivity index is 1.37. The molecule has 3 aliphatic rings. The van der Waals surface area contributed by atoms with E-state index in [1.54, 1.807) is 6.20 Å². The van der Waals surface area contributed by atoms with E-state index < -0.39 is 0 Å². The highest BCUT2D eigenvalue weighted by Crippen LogP contribution is 2.63. The van der Waals surface area contributed by atoms with E-state index >= 15 is 0 Å². The lowest BCUT2D eigenvalue weighted by Gasteiger charge is -2.30. The summed E-state index contributed by atoms with van der Waals surface area (Å²) in [5.74, 6) is -0.506. The molecule has 190 valence electrons. The average molecular weight is 516 g/mol. The van der Waals surface area contributed by atoms with E-state index in [-0.39, 0.29) is 41.7 Å². The number of amides is 2. The van der Waals surface area contributed by atoms with Crippen LogP contribution >= 0.6 is 11.3 Å². The smallest absolute Gasteiger partial charge is 0.234 e. The van der Waals surface area contributed by atoms with Crippen LogP contribution in [0.3, 0.4) is 0 Å². The number of piperidine rings is 1. The van der Waals surface area contributed by atoms with Crippen molar-refractivity contribution < 1.29 is 14.3 Å². The van der Waals surface area contributed by atoms with Gasteiger partial charge in [-0.1, -0.05) is 13.8 Å². The number of pyridine rings is 2. The molecule has 1 aliphatic carbocycles.